The second-order valence-electron chi connectivity index (χ2n) is 6.50. The van der Waals surface area contributed by atoms with E-state index in [-0.39, 0.29) is 6.73 Å². The van der Waals surface area contributed by atoms with Crippen molar-refractivity contribution in [2.75, 3.05) is 6.61 Å². The molecular weight excluding hydrogens is 382 g/mol. The Morgan fingerprint density at radius 1 is 1.04 bits per heavy atom. The largest absolute Gasteiger partial charge is 0.449 e. The summed E-state index contributed by atoms with van der Waals surface area (Å²) in [6.07, 6.45) is -4.18. The van der Waals surface area contributed by atoms with Crippen LogP contribution in [0.4, 0.5) is 26.3 Å². The van der Waals surface area contributed by atoms with Gasteiger partial charge < -0.3 is 14.3 Å². The van der Waals surface area contributed by atoms with Gasteiger partial charge in [0.1, 0.15) is 6.73 Å². The molecule has 0 aliphatic heterocycles. The molecule has 26 heavy (non-hydrogen) atoms. The molecule has 0 unspecified atom stereocenters. The first-order valence-corrected chi connectivity index (χ1v) is 11.2. The SMILES string of the molecule is C[Si](C)(C)CCOCn1ccnc1C(F)(F)F.FC(F)(F)c1ncc[nH]1. The molecule has 0 amide bonds. The van der Waals surface area contributed by atoms with Crippen LogP contribution in [0.15, 0.2) is 24.8 Å². The van der Waals surface area contributed by atoms with Gasteiger partial charge >= 0.3 is 12.4 Å². The zero-order chi connectivity index (χ0) is 20.0. The summed E-state index contributed by atoms with van der Waals surface area (Å²) in [7, 11) is -1.20. The van der Waals surface area contributed by atoms with Gasteiger partial charge in [-0.2, -0.15) is 26.3 Å². The van der Waals surface area contributed by atoms with Crippen molar-refractivity contribution in [2.45, 2.75) is 44.8 Å². The highest BCUT2D eigenvalue weighted by molar-refractivity contribution is 6.76. The van der Waals surface area contributed by atoms with Crippen LogP contribution in [0.2, 0.25) is 25.7 Å². The smallest absolute Gasteiger partial charge is 0.361 e. The number of halogens is 6. The zero-order valence-corrected chi connectivity index (χ0v) is 15.4. The predicted octanol–water partition coefficient (Wildman–Crippen LogP) is 4.64. The Balaban J connectivity index is 0.000000314. The Morgan fingerprint density at radius 2 is 1.69 bits per heavy atom. The number of alkyl halides is 6. The summed E-state index contributed by atoms with van der Waals surface area (Å²) in [5.74, 6) is -1.87. The molecule has 2 heterocycles. The highest BCUT2D eigenvalue weighted by Crippen LogP contribution is 2.27. The fourth-order valence-electron chi connectivity index (χ4n) is 1.63. The summed E-state index contributed by atoms with van der Waals surface area (Å²) in [6, 6.07) is 0.934. The number of imidazole rings is 2. The second-order valence-corrected chi connectivity index (χ2v) is 12.1. The molecule has 2 aromatic heterocycles. The number of rotatable bonds is 5. The minimum atomic E-state index is -4.42. The first kappa shape index (κ1) is 22.2. The number of hydrogen-bond acceptors (Lipinski definition) is 3. The highest BCUT2D eigenvalue weighted by atomic mass is 28.3. The van der Waals surface area contributed by atoms with Gasteiger partial charge in [-0.25, -0.2) is 9.97 Å². The van der Waals surface area contributed by atoms with E-state index in [2.05, 4.69) is 29.6 Å². The Morgan fingerprint density at radius 3 is 2.12 bits per heavy atom. The Labute approximate surface area is 147 Å². The van der Waals surface area contributed by atoms with E-state index in [1.54, 1.807) is 0 Å². The number of nitrogens with zero attached hydrogens (tertiary/aromatic N) is 3. The Bertz CT molecular complexity index is 646. The maximum absolute atomic E-state index is 12.4. The van der Waals surface area contributed by atoms with E-state index >= 15 is 0 Å². The van der Waals surface area contributed by atoms with Crippen molar-refractivity contribution in [1.82, 2.24) is 19.5 Å². The molecule has 5 nitrogen and oxygen atoms in total. The van der Waals surface area contributed by atoms with Gasteiger partial charge in [0, 0.05) is 39.5 Å². The van der Waals surface area contributed by atoms with Gasteiger partial charge in [-0.15, -0.1) is 0 Å². The summed E-state index contributed by atoms with van der Waals surface area (Å²) in [6.45, 7) is 6.96. The van der Waals surface area contributed by atoms with Crippen LogP contribution >= 0.6 is 0 Å². The average Bonchev–Trinajstić information content (AvgIpc) is 3.13. The lowest BCUT2D eigenvalue weighted by Gasteiger charge is -2.16. The fourth-order valence-corrected chi connectivity index (χ4v) is 2.39. The molecule has 0 aromatic carbocycles. The van der Waals surface area contributed by atoms with E-state index in [0.29, 0.717) is 6.61 Å². The lowest BCUT2D eigenvalue weighted by Crippen LogP contribution is -2.22. The number of aromatic amines is 1. The molecule has 12 heteroatoms. The third-order valence-electron chi connectivity index (χ3n) is 2.96. The van der Waals surface area contributed by atoms with E-state index in [0.717, 1.165) is 29.2 Å². The number of nitrogens with one attached hydrogen (secondary N) is 1. The molecular formula is C14H20F6N4OSi. The zero-order valence-electron chi connectivity index (χ0n) is 14.4. The topological polar surface area (TPSA) is 55.7 Å². The minimum Gasteiger partial charge on any atom is -0.361 e. The molecule has 148 valence electrons. The summed E-state index contributed by atoms with van der Waals surface area (Å²) in [5.41, 5.74) is 0. The molecule has 0 saturated heterocycles. The van der Waals surface area contributed by atoms with Crippen molar-refractivity contribution in [1.29, 1.82) is 0 Å². The van der Waals surface area contributed by atoms with Crippen molar-refractivity contribution in [3.8, 4) is 0 Å². The standard InChI is InChI=1S/C10H17F3N2OSi.C4H3F3N2/c1-17(2,3)7-6-16-8-15-5-4-14-9(15)10(11,12)13;5-4(6,7)3-8-1-2-9-3/h4-5H,6-8H2,1-3H3;1-2H,(H,8,9). The number of hydrogen-bond donors (Lipinski definition) is 1. The van der Waals surface area contributed by atoms with Crippen molar-refractivity contribution in [2.24, 2.45) is 0 Å². The minimum absolute atomic E-state index is 0.0979. The van der Waals surface area contributed by atoms with E-state index in [1.807, 2.05) is 4.98 Å². The van der Waals surface area contributed by atoms with Crippen LogP contribution < -0.4 is 0 Å². The summed E-state index contributed by atoms with van der Waals surface area (Å²) in [5, 5.41) is 0. The third-order valence-corrected chi connectivity index (χ3v) is 4.67. The molecule has 1 N–H and O–H groups in total. The van der Waals surface area contributed by atoms with Crippen LogP contribution in [0.25, 0.3) is 0 Å². The fraction of sp³-hybridized carbons (Fsp3) is 0.571. The van der Waals surface area contributed by atoms with Crippen LogP contribution in [0, 0.1) is 0 Å². The maximum Gasteiger partial charge on any atom is 0.449 e. The summed E-state index contributed by atoms with van der Waals surface area (Å²) < 4.78 is 78.2. The van der Waals surface area contributed by atoms with Gasteiger partial charge in [0.2, 0.25) is 11.6 Å². The van der Waals surface area contributed by atoms with E-state index in [9.17, 15) is 26.3 Å². The van der Waals surface area contributed by atoms with E-state index < -0.39 is 32.1 Å². The third kappa shape index (κ3) is 8.04. The first-order valence-electron chi connectivity index (χ1n) is 7.53. The molecule has 0 radical (unpaired) electrons. The highest BCUT2D eigenvalue weighted by Gasteiger charge is 2.36. The average molecular weight is 402 g/mol. The summed E-state index contributed by atoms with van der Waals surface area (Å²) >= 11 is 0. The summed E-state index contributed by atoms with van der Waals surface area (Å²) in [4.78, 5) is 8.23. The lowest BCUT2D eigenvalue weighted by atomic mass is 10.6. The second kappa shape index (κ2) is 8.71. The molecule has 0 bridgehead atoms. The lowest BCUT2D eigenvalue weighted by molar-refractivity contribution is -0.149. The van der Waals surface area contributed by atoms with Gasteiger partial charge in [0.15, 0.2) is 0 Å². The van der Waals surface area contributed by atoms with Crippen molar-refractivity contribution in [3.05, 3.63) is 36.4 Å². The predicted molar refractivity (Wildman–Crippen MR) is 84.9 cm³/mol. The van der Waals surface area contributed by atoms with Crippen LogP contribution in [-0.2, 0) is 23.8 Å². The van der Waals surface area contributed by atoms with Crippen LogP contribution in [0.1, 0.15) is 11.6 Å². The van der Waals surface area contributed by atoms with Gasteiger partial charge in [0.25, 0.3) is 0 Å². The van der Waals surface area contributed by atoms with Crippen LogP contribution in [-0.4, -0.2) is 34.2 Å². The monoisotopic (exact) mass is 402 g/mol. The van der Waals surface area contributed by atoms with Gasteiger partial charge in [0.05, 0.1) is 0 Å². The number of H-pyrrole nitrogens is 1. The molecule has 0 fully saturated rings. The quantitative estimate of drug-likeness (QED) is 0.450. The molecule has 2 rings (SSSR count). The molecule has 0 atom stereocenters. The molecule has 2 aromatic rings. The van der Waals surface area contributed by atoms with Crippen LogP contribution in [0.3, 0.4) is 0 Å². The van der Waals surface area contributed by atoms with Crippen LogP contribution in [0.5, 0.6) is 0 Å². The van der Waals surface area contributed by atoms with Crippen molar-refractivity contribution < 1.29 is 31.1 Å². The maximum atomic E-state index is 12.4. The van der Waals surface area contributed by atoms with Gasteiger partial charge in [-0.3, -0.25) is 0 Å². The van der Waals surface area contributed by atoms with Crippen molar-refractivity contribution >= 4 is 8.07 Å². The van der Waals surface area contributed by atoms with E-state index in [4.69, 9.17) is 4.74 Å². The normalized spacial score (nSPS) is 12.7. The van der Waals surface area contributed by atoms with Gasteiger partial charge in [-0.05, 0) is 6.04 Å². The first-order chi connectivity index (χ1) is 11.8. The molecule has 0 aliphatic rings. The number of aromatic nitrogens is 4. The van der Waals surface area contributed by atoms with E-state index in [1.165, 1.54) is 6.20 Å². The Kier molecular flexibility index (Phi) is 7.44. The van der Waals surface area contributed by atoms with Gasteiger partial charge in [-0.1, -0.05) is 19.6 Å². The molecule has 0 spiro atoms. The van der Waals surface area contributed by atoms with Crippen molar-refractivity contribution in [3.63, 3.8) is 0 Å². The molecule has 0 aliphatic carbocycles. The molecule has 0 saturated carbocycles. The number of ether oxygens (including phenoxy) is 1. The Hall–Kier alpha value is -1.82.